The first-order valence-electron chi connectivity index (χ1n) is 7.20. The molecule has 0 amide bonds. The lowest BCUT2D eigenvalue weighted by molar-refractivity contribution is 0.0891. The van der Waals surface area contributed by atoms with Gasteiger partial charge < -0.3 is 10.1 Å². The maximum Gasteiger partial charge on any atom is 0.169 e. The normalized spacial score (nSPS) is 22.6. The Morgan fingerprint density at radius 3 is 2.63 bits per heavy atom. The molecule has 1 aromatic rings. The number of carbonyl (C=O) groups excluding carboxylic acids is 1. The molecule has 1 fully saturated rings. The summed E-state index contributed by atoms with van der Waals surface area (Å²) in [6.07, 6.45) is 2.07. The van der Waals surface area contributed by atoms with Crippen LogP contribution in [0, 0.1) is 5.92 Å². The first-order chi connectivity index (χ1) is 9.26. The number of hydrogen-bond acceptors (Lipinski definition) is 3. The average molecular weight is 261 g/mol. The number of aryl methyl sites for hydroxylation is 1. The Labute approximate surface area is 115 Å². The molecule has 1 aliphatic heterocycles. The molecule has 1 N–H and O–H groups in total. The van der Waals surface area contributed by atoms with Crippen LogP contribution in [-0.2, 0) is 11.2 Å². The minimum absolute atomic E-state index is 0.0426. The third kappa shape index (κ3) is 3.43. The van der Waals surface area contributed by atoms with E-state index in [9.17, 15) is 4.79 Å². The Morgan fingerprint density at radius 1 is 1.26 bits per heavy atom. The molecule has 2 unspecified atom stereocenters. The Bertz CT molecular complexity index is 413. The van der Waals surface area contributed by atoms with E-state index in [2.05, 4.69) is 19.2 Å². The lowest BCUT2D eigenvalue weighted by Gasteiger charge is -2.17. The topological polar surface area (TPSA) is 38.3 Å². The van der Waals surface area contributed by atoms with Crippen molar-refractivity contribution in [3.63, 3.8) is 0 Å². The third-order valence-corrected chi connectivity index (χ3v) is 3.72. The monoisotopic (exact) mass is 261 g/mol. The number of Topliss-reactive ketones (excluding diaryl/α,β-unsaturated/α-hetero) is 1. The predicted molar refractivity (Wildman–Crippen MR) is 76.5 cm³/mol. The largest absolute Gasteiger partial charge is 0.379 e. The Hall–Kier alpha value is -1.19. The van der Waals surface area contributed by atoms with Crippen LogP contribution in [0.3, 0.4) is 0 Å². The van der Waals surface area contributed by atoms with E-state index >= 15 is 0 Å². The molecule has 0 spiro atoms. The fourth-order valence-electron chi connectivity index (χ4n) is 2.46. The summed E-state index contributed by atoms with van der Waals surface area (Å²) in [5, 5.41) is 3.41. The van der Waals surface area contributed by atoms with Gasteiger partial charge in [0.1, 0.15) is 0 Å². The summed E-state index contributed by atoms with van der Waals surface area (Å²) in [7, 11) is 0. The lowest BCUT2D eigenvalue weighted by atomic mass is 9.92. The summed E-state index contributed by atoms with van der Waals surface area (Å²) in [4.78, 5) is 12.5. The minimum atomic E-state index is -0.0426. The van der Waals surface area contributed by atoms with Crippen LogP contribution < -0.4 is 5.32 Å². The van der Waals surface area contributed by atoms with E-state index in [1.807, 2.05) is 24.3 Å². The summed E-state index contributed by atoms with van der Waals surface area (Å²) in [5.41, 5.74) is 2.07. The Morgan fingerprint density at radius 2 is 2.00 bits per heavy atom. The molecule has 1 aromatic carbocycles. The second-order valence-electron chi connectivity index (χ2n) is 5.12. The van der Waals surface area contributed by atoms with Crippen LogP contribution in [-0.4, -0.2) is 31.6 Å². The van der Waals surface area contributed by atoms with Crippen LogP contribution in [0.15, 0.2) is 24.3 Å². The quantitative estimate of drug-likeness (QED) is 0.799. The smallest absolute Gasteiger partial charge is 0.169 e. The summed E-state index contributed by atoms with van der Waals surface area (Å²) in [5.74, 6) is 0.160. The molecule has 0 bridgehead atoms. The molecule has 1 heterocycles. The van der Waals surface area contributed by atoms with E-state index in [0.29, 0.717) is 13.2 Å². The number of carbonyl (C=O) groups is 1. The van der Waals surface area contributed by atoms with E-state index in [1.54, 1.807) is 0 Å². The van der Waals surface area contributed by atoms with Crippen molar-refractivity contribution < 1.29 is 9.53 Å². The van der Waals surface area contributed by atoms with Gasteiger partial charge in [-0.15, -0.1) is 0 Å². The van der Waals surface area contributed by atoms with Gasteiger partial charge in [-0.1, -0.05) is 38.1 Å². The van der Waals surface area contributed by atoms with E-state index in [0.717, 1.165) is 24.9 Å². The molecule has 1 saturated heterocycles. The van der Waals surface area contributed by atoms with Crippen LogP contribution in [0.4, 0.5) is 0 Å². The van der Waals surface area contributed by atoms with Crippen LogP contribution in [0.5, 0.6) is 0 Å². The highest BCUT2D eigenvalue weighted by Crippen LogP contribution is 2.20. The van der Waals surface area contributed by atoms with E-state index in [-0.39, 0.29) is 17.7 Å². The molecule has 1 aliphatic rings. The fraction of sp³-hybridized carbons (Fsp3) is 0.562. The number of benzene rings is 1. The molecule has 19 heavy (non-hydrogen) atoms. The van der Waals surface area contributed by atoms with Crippen molar-refractivity contribution in [2.45, 2.75) is 32.7 Å². The fourth-order valence-corrected chi connectivity index (χ4v) is 2.46. The maximum absolute atomic E-state index is 12.5. The van der Waals surface area contributed by atoms with Gasteiger partial charge in [-0.25, -0.2) is 0 Å². The number of ether oxygens (including phenoxy) is 1. The molecule has 0 saturated carbocycles. The number of ketones is 1. The third-order valence-electron chi connectivity index (χ3n) is 3.72. The lowest BCUT2D eigenvalue weighted by Crippen LogP contribution is -2.39. The van der Waals surface area contributed by atoms with Gasteiger partial charge >= 0.3 is 0 Å². The van der Waals surface area contributed by atoms with Crippen molar-refractivity contribution in [3.05, 3.63) is 35.4 Å². The standard InChI is InChI=1S/C16H23NO2/c1-3-9-17-15-11-19-10-14(15)16(18)13-7-5-12(4-2)6-8-13/h5-8,14-15,17H,3-4,9-11H2,1-2H3. The molecule has 0 aliphatic carbocycles. The van der Waals surface area contributed by atoms with Gasteiger partial charge in [0.15, 0.2) is 5.78 Å². The van der Waals surface area contributed by atoms with Gasteiger partial charge in [-0.05, 0) is 24.9 Å². The highest BCUT2D eigenvalue weighted by atomic mass is 16.5. The second-order valence-corrected chi connectivity index (χ2v) is 5.12. The zero-order chi connectivity index (χ0) is 13.7. The van der Waals surface area contributed by atoms with Gasteiger partial charge in [0.05, 0.1) is 19.1 Å². The van der Waals surface area contributed by atoms with E-state index in [1.165, 1.54) is 5.56 Å². The summed E-state index contributed by atoms with van der Waals surface area (Å²) in [6, 6.07) is 8.13. The maximum atomic E-state index is 12.5. The highest BCUT2D eigenvalue weighted by molar-refractivity contribution is 5.98. The first kappa shape index (κ1) is 14.2. The van der Waals surface area contributed by atoms with E-state index < -0.39 is 0 Å². The SMILES string of the molecule is CCCNC1COCC1C(=O)c1ccc(CC)cc1. The highest BCUT2D eigenvalue weighted by Gasteiger charge is 2.33. The van der Waals surface area contributed by atoms with Crippen molar-refractivity contribution in [1.29, 1.82) is 0 Å². The zero-order valence-corrected chi connectivity index (χ0v) is 11.8. The van der Waals surface area contributed by atoms with Gasteiger partial charge in [0.2, 0.25) is 0 Å². The van der Waals surface area contributed by atoms with Crippen molar-refractivity contribution >= 4 is 5.78 Å². The minimum Gasteiger partial charge on any atom is -0.379 e. The predicted octanol–water partition coefficient (Wildman–Crippen LogP) is 2.45. The van der Waals surface area contributed by atoms with Crippen molar-refractivity contribution in [1.82, 2.24) is 5.32 Å². The second kappa shape index (κ2) is 6.83. The van der Waals surface area contributed by atoms with Gasteiger partial charge in [-0.3, -0.25) is 4.79 Å². The van der Waals surface area contributed by atoms with Crippen LogP contribution in [0.25, 0.3) is 0 Å². The molecule has 2 atom stereocenters. The summed E-state index contributed by atoms with van der Waals surface area (Å²) < 4.78 is 5.47. The van der Waals surface area contributed by atoms with Gasteiger partial charge in [0.25, 0.3) is 0 Å². The van der Waals surface area contributed by atoms with Crippen LogP contribution in [0.2, 0.25) is 0 Å². The Balaban J connectivity index is 2.04. The summed E-state index contributed by atoms with van der Waals surface area (Å²) in [6.45, 7) is 6.36. The van der Waals surface area contributed by atoms with Crippen molar-refractivity contribution in [2.75, 3.05) is 19.8 Å². The molecule has 104 valence electrons. The van der Waals surface area contributed by atoms with Crippen LogP contribution in [0.1, 0.15) is 36.2 Å². The van der Waals surface area contributed by atoms with Crippen molar-refractivity contribution in [2.24, 2.45) is 5.92 Å². The zero-order valence-electron chi connectivity index (χ0n) is 11.8. The molecule has 3 heteroatoms. The summed E-state index contributed by atoms with van der Waals surface area (Å²) >= 11 is 0. The Kier molecular flexibility index (Phi) is 5.11. The molecule has 3 nitrogen and oxygen atoms in total. The van der Waals surface area contributed by atoms with Gasteiger partial charge in [-0.2, -0.15) is 0 Å². The van der Waals surface area contributed by atoms with Gasteiger partial charge in [0, 0.05) is 11.6 Å². The average Bonchev–Trinajstić information content (AvgIpc) is 2.92. The van der Waals surface area contributed by atoms with E-state index in [4.69, 9.17) is 4.74 Å². The molecule has 0 aromatic heterocycles. The number of hydrogen-bond donors (Lipinski definition) is 1. The van der Waals surface area contributed by atoms with Crippen molar-refractivity contribution in [3.8, 4) is 0 Å². The molecule has 2 rings (SSSR count). The number of nitrogens with one attached hydrogen (secondary N) is 1. The van der Waals surface area contributed by atoms with Crippen LogP contribution >= 0.6 is 0 Å². The number of rotatable bonds is 6. The molecule has 0 radical (unpaired) electrons. The first-order valence-corrected chi connectivity index (χ1v) is 7.20. The molecular formula is C16H23NO2. The molecular weight excluding hydrogens is 238 g/mol.